The highest BCUT2D eigenvalue weighted by Crippen LogP contribution is 2.29. The monoisotopic (exact) mass is 407 g/mol. The van der Waals surface area contributed by atoms with Gasteiger partial charge in [-0.1, -0.05) is 37.0 Å². The molecule has 3 N–H and O–H groups in total. The van der Waals surface area contributed by atoms with E-state index in [0.29, 0.717) is 22.7 Å². The second-order valence-electron chi connectivity index (χ2n) is 6.25. The molecule has 0 aliphatic carbocycles. The Bertz CT molecular complexity index is 865. The minimum atomic E-state index is -0.445. The number of amides is 2. The number of carbonyl (C=O) groups excluding carboxylic acids is 2. The zero-order valence-corrected chi connectivity index (χ0v) is 16.3. The Balaban J connectivity index is 1.97. The lowest BCUT2D eigenvalue weighted by Gasteiger charge is -2.07. The Morgan fingerprint density at radius 2 is 1.85 bits per heavy atom. The second kappa shape index (κ2) is 9.39. The third kappa shape index (κ3) is 6.27. The van der Waals surface area contributed by atoms with Gasteiger partial charge in [-0.2, -0.15) is 5.10 Å². The number of nitrogens with zero attached hydrogens (tertiary/aromatic N) is 1. The standard InChI is InChI=1S/C19H19Cl2N3O3/c1-11(2)7-17(25)23-15-5-3-12(4-6-15)19(27)24-22-10-13-8-14(20)9-16(21)18(13)26/h3-6,8-11,26H,7H2,1-2H3,(H,23,25)(H,24,27). The molecule has 2 aromatic rings. The SMILES string of the molecule is CC(C)CC(=O)Nc1ccc(C(=O)NN=Cc2cc(Cl)cc(Cl)c2O)cc1. The molecule has 0 bridgehead atoms. The van der Waals surface area contributed by atoms with Crippen molar-refractivity contribution >= 4 is 46.9 Å². The summed E-state index contributed by atoms with van der Waals surface area (Å²) in [5, 5.41) is 16.8. The van der Waals surface area contributed by atoms with Gasteiger partial charge in [-0.25, -0.2) is 5.43 Å². The van der Waals surface area contributed by atoms with E-state index in [-0.39, 0.29) is 28.2 Å². The van der Waals surface area contributed by atoms with Crippen molar-refractivity contribution < 1.29 is 14.7 Å². The molecular formula is C19H19Cl2N3O3. The van der Waals surface area contributed by atoms with Crippen LogP contribution in [-0.4, -0.2) is 23.1 Å². The lowest BCUT2D eigenvalue weighted by atomic mass is 10.1. The molecule has 0 fully saturated rings. The van der Waals surface area contributed by atoms with Crippen LogP contribution in [0.15, 0.2) is 41.5 Å². The Hall–Kier alpha value is -2.57. The van der Waals surface area contributed by atoms with Gasteiger partial charge in [0.05, 0.1) is 11.2 Å². The minimum absolute atomic E-state index is 0.0770. The highest BCUT2D eigenvalue weighted by Gasteiger charge is 2.08. The molecule has 0 saturated carbocycles. The topological polar surface area (TPSA) is 90.8 Å². The zero-order chi connectivity index (χ0) is 20.0. The lowest BCUT2D eigenvalue weighted by Crippen LogP contribution is -2.18. The fourth-order valence-corrected chi connectivity index (χ4v) is 2.71. The van der Waals surface area contributed by atoms with Crippen LogP contribution in [0.1, 0.15) is 36.2 Å². The van der Waals surface area contributed by atoms with E-state index in [1.807, 2.05) is 13.8 Å². The average molecular weight is 408 g/mol. The lowest BCUT2D eigenvalue weighted by molar-refractivity contribution is -0.116. The first kappa shape index (κ1) is 20.7. The molecule has 0 aromatic heterocycles. The maximum atomic E-state index is 12.1. The molecule has 2 aromatic carbocycles. The number of phenolic OH excluding ortho intramolecular Hbond substituents is 1. The maximum absolute atomic E-state index is 12.1. The van der Waals surface area contributed by atoms with Crippen LogP contribution in [-0.2, 0) is 4.79 Å². The molecule has 2 rings (SSSR count). The number of hydrogen-bond donors (Lipinski definition) is 3. The van der Waals surface area contributed by atoms with Gasteiger partial charge in [0.15, 0.2) is 0 Å². The molecule has 0 unspecified atom stereocenters. The van der Waals surface area contributed by atoms with Crippen molar-refractivity contribution in [3.05, 3.63) is 57.6 Å². The van der Waals surface area contributed by atoms with Crippen LogP contribution in [0.2, 0.25) is 10.0 Å². The number of nitrogens with one attached hydrogen (secondary N) is 2. The third-order valence-corrected chi connectivity index (χ3v) is 3.96. The molecule has 0 radical (unpaired) electrons. The Kier molecular flexibility index (Phi) is 7.21. The first-order valence-electron chi connectivity index (χ1n) is 8.17. The number of anilines is 1. The highest BCUT2D eigenvalue weighted by molar-refractivity contribution is 6.36. The van der Waals surface area contributed by atoms with E-state index in [9.17, 15) is 14.7 Å². The van der Waals surface area contributed by atoms with E-state index >= 15 is 0 Å². The fourth-order valence-electron chi connectivity index (χ4n) is 2.20. The van der Waals surface area contributed by atoms with E-state index in [2.05, 4.69) is 15.8 Å². The summed E-state index contributed by atoms with van der Waals surface area (Å²) in [6.07, 6.45) is 1.67. The van der Waals surface area contributed by atoms with Gasteiger partial charge in [-0.3, -0.25) is 9.59 Å². The average Bonchev–Trinajstić information content (AvgIpc) is 2.58. The van der Waals surface area contributed by atoms with E-state index in [0.717, 1.165) is 0 Å². The normalized spacial score (nSPS) is 11.0. The number of carbonyl (C=O) groups is 2. The van der Waals surface area contributed by atoms with Crippen molar-refractivity contribution in [2.24, 2.45) is 11.0 Å². The van der Waals surface area contributed by atoms with Gasteiger partial charge in [-0.05, 0) is 42.3 Å². The predicted octanol–water partition coefficient (Wildman–Crippen LogP) is 4.45. The van der Waals surface area contributed by atoms with Crippen molar-refractivity contribution in [2.75, 3.05) is 5.32 Å². The van der Waals surface area contributed by atoms with Crippen molar-refractivity contribution in [2.45, 2.75) is 20.3 Å². The molecule has 0 saturated heterocycles. The summed E-state index contributed by atoms with van der Waals surface area (Å²) in [6, 6.07) is 9.29. The van der Waals surface area contributed by atoms with Gasteiger partial charge in [0.1, 0.15) is 5.75 Å². The van der Waals surface area contributed by atoms with E-state index in [4.69, 9.17) is 23.2 Å². The van der Waals surface area contributed by atoms with Crippen LogP contribution < -0.4 is 10.7 Å². The predicted molar refractivity (Wildman–Crippen MR) is 108 cm³/mol. The van der Waals surface area contributed by atoms with Gasteiger partial charge in [0.2, 0.25) is 5.91 Å². The molecule has 0 atom stereocenters. The van der Waals surface area contributed by atoms with Crippen LogP contribution >= 0.6 is 23.2 Å². The fraction of sp³-hybridized carbons (Fsp3) is 0.211. The smallest absolute Gasteiger partial charge is 0.271 e. The van der Waals surface area contributed by atoms with Gasteiger partial charge in [0.25, 0.3) is 5.91 Å². The zero-order valence-electron chi connectivity index (χ0n) is 14.8. The number of benzene rings is 2. The molecule has 0 heterocycles. The third-order valence-electron chi connectivity index (χ3n) is 3.45. The van der Waals surface area contributed by atoms with Gasteiger partial charge >= 0.3 is 0 Å². The summed E-state index contributed by atoms with van der Waals surface area (Å²) in [5.41, 5.74) is 3.59. The van der Waals surface area contributed by atoms with Crippen LogP contribution in [0, 0.1) is 5.92 Å². The maximum Gasteiger partial charge on any atom is 0.271 e. The van der Waals surface area contributed by atoms with Crippen molar-refractivity contribution in [1.29, 1.82) is 0 Å². The summed E-state index contributed by atoms with van der Waals surface area (Å²) in [7, 11) is 0. The molecule has 27 heavy (non-hydrogen) atoms. The summed E-state index contributed by atoms with van der Waals surface area (Å²) in [6.45, 7) is 3.93. The molecule has 0 spiro atoms. The number of halogens is 2. The molecule has 8 heteroatoms. The van der Waals surface area contributed by atoms with E-state index < -0.39 is 5.91 Å². The van der Waals surface area contributed by atoms with Crippen molar-refractivity contribution in [3.8, 4) is 5.75 Å². The number of hydrazone groups is 1. The minimum Gasteiger partial charge on any atom is -0.506 e. The molecule has 2 amide bonds. The number of hydrogen-bond acceptors (Lipinski definition) is 4. The summed E-state index contributed by atoms with van der Waals surface area (Å²) in [4.78, 5) is 23.9. The first-order valence-corrected chi connectivity index (χ1v) is 8.93. The number of phenols is 1. The van der Waals surface area contributed by atoms with Gasteiger partial charge < -0.3 is 10.4 Å². The first-order chi connectivity index (χ1) is 12.8. The second-order valence-corrected chi connectivity index (χ2v) is 7.09. The summed E-state index contributed by atoms with van der Waals surface area (Å²) in [5.74, 6) is -0.437. The number of aromatic hydroxyl groups is 1. The summed E-state index contributed by atoms with van der Waals surface area (Å²) >= 11 is 11.7. The molecule has 0 aliphatic heterocycles. The Morgan fingerprint density at radius 3 is 2.48 bits per heavy atom. The molecule has 142 valence electrons. The van der Waals surface area contributed by atoms with Crippen LogP contribution in [0.5, 0.6) is 5.75 Å². The van der Waals surface area contributed by atoms with Gasteiger partial charge in [0, 0.05) is 28.3 Å². The summed E-state index contributed by atoms with van der Waals surface area (Å²) < 4.78 is 0. The quantitative estimate of drug-likeness (QED) is 0.487. The van der Waals surface area contributed by atoms with Crippen molar-refractivity contribution in [3.63, 3.8) is 0 Å². The van der Waals surface area contributed by atoms with Crippen molar-refractivity contribution in [1.82, 2.24) is 5.43 Å². The van der Waals surface area contributed by atoms with E-state index in [1.165, 1.54) is 18.3 Å². The van der Waals surface area contributed by atoms with Crippen LogP contribution in [0.4, 0.5) is 5.69 Å². The van der Waals surface area contributed by atoms with E-state index in [1.54, 1.807) is 24.3 Å². The van der Waals surface area contributed by atoms with Crippen LogP contribution in [0.25, 0.3) is 0 Å². The molecule has 0 aliphatic rings. The number of rotatable bonds is 6. The van der Waals surface area contributed by atoms with Gasteiger partial charge in [-0.15, -0.1) is 0 Å². The Morgan fingerprint density at radius 1 is 1.19 bits per heavy atom. The molecule has 6 nitrogen and oxygen atoms in total. The van der Waals surface area contributed by atoms with Crippen LogP contribution in [0.3, 0.4) is 0 Å². The highest BCUT2D eigenvalue weighted by atomic mass is 35.5. The Labute approximate surface area is 167 Å². The molecular weight excluding hydrogens is 389 g/mol. The largest absolute Gasteiger partial charge is 0.506 e.